The van der Waals surface area contributed by atoms with E-state index in [9.17, 15) is 9.59 Å². The zero-order valence-electron chi connectivity index (χ0n) is 14.3. The van der Waals surface area contributed by atoms with E-state index >= 15 is 0 Å². The predicted molar refractivity (Wildman–Crippen MR) is 89.0 cm³/mol. The monoisotopic (exact) mass is 348 g/mol. The summed E-state index contributed by atoms with van der Waals surface area (Å²) in [4.78, 5) is 46.6. The van der Waals surface area contributed by atoms with Crippen molar-refractivity contribution >= 4 is 24.3 Å². The van der Waals surface area contributed by atoms with Gasteiger partial charge in [-0.1, -0.05) is 38.5 Å². The molecule has 0 bridgehead atoms. The third kappa shape index (κ3) is 7.30. The Morgan fingerprint density at radius 3 is 1.16 bits per heavy atom. The van der Waals surface area contributed by atoms with Crippen LogP contribution in [0.5, 0.6) is 0 Å². The van der Waals surface area contributed by atoms with Crippen LogP contribution in [0, 0.1) is 22.7 Å². The van der Waals surface area contributed by atoms with Gasteiger partial charge in [-0.15, -0.1) is 0 Å². The highest BCUT2D eigenvalue weighted by Crippen LogP contribution is 2.45. The van der Waals surface area contributed by atoms with E-state index in [1.165, 1.54) is 12.8 Å². The molecule has 2 saturated carbocycles. The van der Waals surface area contributed by atoms with Gasteiger partial charge in [-0.2, -0.15) is 9.98 Å². The Balaban J connectivity index is 0.000000844. The summed E-state index contributed by atoms with van der Waals surface area (Å²) in [6.07, 6.45) is 15.9. The molecule has 2 rings (SSSR count). The minimum Gasteiger partial charge on any atom is -0.222 e. The van der Waals surface area contributed by atoms with Gasteiger partial charge in [-0.05, 0) is 25.7 Å². The zero-order chi connectivity index (χ0) is 19.0. The Kier molecular flexibility index (Phi) is 12.5. The number of carbonyl (C=O) groups excluding carboxylic acids is 4. The maximum Gasteiger partial charge on any atom is 0.237 e. The lowest BCUT2D eigenvalue weighted by atomic mass is 9.69. The minimum absolute atomic E-state index is 0.215. The summed E-state index contributed by atoms with van der Waals surface area (Å²) in [6, 6.07) is 0. The molecule has 2 aliphatic rings. The molecule has 0 aromatic rings. The average Bonchev–Trinajstić information content (AvgIpc) is 2.64. The van der Waals surface area contributed by atoms with Crippen LogP contribution in [0.15, 0.2) is 9.98 Å². The number of isocyanates is 4. The molecule has 2 fully saturated rings. The SMILES string of the molecule is N=C=O.N=C=O.O=C=NC(N=C=O)(C1CCCCC1)C1CCCCC1. The van der Waals surface area contributed by atoms with Crippen molar-refractivity contribution in [3.05, 3.63) is 0 Å². The highest BCUT2D eigenvalue weighted by Gasteiger charge is 2.46. The highest BCUT2D eigenvalue weighted by molar-refractivity contribution is 5.40. The Morgan fingerprint density at radius 2 is 0.920 bits per heavy atom. The molecule has 8 nitrogen and oxygen atoms in total. The predicted octanol–water partition coefficient (Wildman–Crippen LogP) is 3.32. The van der Waals surface area contributed by atoms with Crippen molar-refractivity contribution in [2.24, 2.45) is 21.8 Å². The van der Waals surface area contributed by atoms with Crippen LogP contribution in [0.2, 0.25) is 0 Å². The fourth-order valence-corrected chi connectivity index (χ4v) is 3.92. The molecule has 0 unspecified atom stereocenters. The topological polar surface area (TPSA) is 141 Å². The summed E-state index contributed by atoms with van der Waals surface area (Å²) in [6.45, 7) is 0. The molecule has 2 aliphatic carbocycles. The quantitative estimate of drug-likeness (QED) is 0.593. The van der Waals surface area contributed by atoms with Crippen LogP contribution in [0.4, 0.5) is 0 Å². The minimum atomic E-state index is -0.857. The molecule has 25 heavy (non-hydrogen) atoms. The fourth-order valence-electron chi connectivity index (χ4n) is 3.92. The lowest BCUT2D eigenvalue weighted by molar-refractivity contribution is 0.115. The van der Waals surface area contributed by atoms with Crippen molar-refractivity contribution in [2.75, 3.05) is 0 Å². The second-order valence-corrected chi connectivity index (χ2v) is 6.06. The van der Waals surface area contributed by atoms with Gasteiger partial charge >= 0.3 is 0 Å². The van der Waals surface area contributed by atoms with Gasteiger partial charge in [0, 0.05) is 11.8 Å². The molecule has 0 saturated heterocycles. The normalized spacial score (nSPS) is 17.6. The number of nitrogens with zero attached hydrogens (tertiary/aromatic N) is 2. The number of hydrogen-bond acceptors (Lipinski definition) is 8. The van der Waals surface area contributed by atoms with Crippen LogP contribution in [-0.4, -0.2) is 30.0 Å². The van der Waals surface area contributed by atoms with E-state index in [1.807, 2.05) is 0 Å². The van der Waals surface area contributed by atoms with Crippen LogP contribution in [0.25, 0.3) is 0 Å². The molecular weight excluding hydrogens is 324 g/mol. The van der Waals surface area contributed by atoms with Gasteiger partial charge < -0.3 is 0 Å². The summed E-state index contributed by atoms with van der Waals surface area (Å²) in [5, 5.41) is 10.8. The molecule has 0 aromatic heterocycles. The van der Waals surface area contributed by atoms with Crippen molar-refractivity contribution in [1.82, 2.24) is 0 Å². The van der Waals surface area contributed by atoms with Crippen molar-refractivity contribution in [3.63, 3.8) is 0 Å². The van der Waals surface area contributed by atoms with Crippen molar-refractivity contribution < 1.29 is 19.2 Å². The molecule has 0 aliphatic heterocycles. The van der Waals surface area contributed by atoms with E-state index in [0.717, 1.165) is 63.5 Å². The van der Waals surface area contributed by atoms with Gasteiger partial charge in [-0.25, -0.2) is 30.0 Å². The van der Waals surface area contributed by atoms with E-state index in [1.54, 1.807) is 12.2 Å². The third-order valence-corrected chi connectivity index (χ3v) is 4.86. The molecular formula is C17H24N4O4. The standard InChI is InChI=1S/C15H22N2O2.2CHNO/c18-11-16-15(17-12-19,13-7-3-1-4-8-13)14-9-5-2-6-10-14;2*2-1-3/h13-14H,1-10H2;2*2H. The molecule has 136 valence electrons. The fraction of sp³-hybridized carbons (Fsp3) is 0.765. The van der Waals surface area contributed by atoms with E-state index in [-0.39, 0.29) is 11.8 Å². The Hall–Kier alpha value is -2.48. The summed E-state index contributed by atoms with van der Waals surface area (Å²) in [5.74, 6) is 0.430. The van der Waals surface area contributed by atoms with Gasteiger partial charge in [0.05, 0.1) is 0 Å². The van der Waals surface area contributed by atoms with Crippen LogP contribution >= 0.6 is 0 Å². The summed E-state index contributed by atoms with van der Waals surface area (Å²) < 4.78 is 0. The summed E-state index contributed by atoms with van der Waals surface area (Å²) >= 11 is 0. The molecule has 0 aromatic carbocycles. The van der Waals surface area contributed by atoms with E-state index in [2.05, 4.69) is 9.98 Å². The maximum atomic E-state index is 10.9. The molecule has 8 heteroatoms. The molecule has 0 heterocycles. The number of hydrogen-bond donors (Lipinski definition) is 2. The smallest absolute Gasteiger partial charge is 0.222 e. The Bertz CT molecular complexity index is 491. The maximum absolute atomic E-state index is 10.9. The highest BCUT2D eigenvalue weighted by atomic mass is 16.1. The molecule has 2 N–H and O–H groups in total. The average molecular weight is 348 g/mol. The largest absolute Gasteiger partial charge is 0.237 e. The van der Waals surface area contributed by atoms with E-state index in [0.29, 0.717) is 0 Å². The lowest BCUT2D eigenvalue weighted by Crippen LogP contribution is -2.43. The van der Waals surface area contributed by atoms with Gasteiger partial charge in [0.25, 0.3) is 0 Å². The molecule has 0 amide bonds. The van der Waals surface area contributed by atoms with Gasteiger partial charge in [0.2, 0.25) is 24.3 Å². The number of rotatable bonds is 4. The van der Waals surface area contributed by atoms with Crippen molar-refractivity contribution in [1.29, 1.82) is 10.8 Å². The molecule has 0 atom stereocenters. The zero-order valence-corrected chi connectivity index (χ0v) is 14.3. The van der Waals surface area contributed by atoms with Crippen molar-refractivity contribution in [2.45, 2.75) is 69.9 Å². The van der Waals surface area contributed by atoms with Crippen LogP contribution in [0.3, 0.4) is 0 Å². The molecule has 0 spiro atoms. The van der Waals surface area contributed by atoms with Crippen LogP contribution < -0.4 is 0 Å². The number of aliphatic imine (C=N–C) groups is 2. The first kappa shape index (κ1) is 22.5. The second-order valence-electron chi connectivity index (χ2n) is 6.06. The second kappa shape index (κ2) is 13.9. The van der Waals surface area contributed by atoms with E-state index < -0.39 is 5.66 Å². The first-order valence-electron chi connectivity index (χ1n) is 8.42. The van der Waals surface area contributed by atoms with Gasteiger partial charge in [0.1, 0.15) is 0 Å². The number of nitrogens with one attached hydrogen (secondary N) is 2. The Morgan fingerprint density at radius 1 is 0.640 bits per heavy atom. The summed E-state index contributed by atoms with van der Waals surface area (Å²) in [5.41, 5.74) is -0.857. The lowest BCUT2D eigenvalue weighted by Gasteiger charge is -2.41. The van der Waals surface area contributed by atoms with E-state index in [4.69, 9.17) is 20.4 Å². The Labute approximate surface area is 146 Å². The van der Waals surface area contributed by atoms with Gasteiger partial charge in [0.15, 0.2) is 5.66 Å². The first-order valence-corrected chi connectivity index (χ1v) is 8.42. The van der Waals surface area contributed by atoms with Crippen LogP contribution in [-0.2, 0) is 19.2 Å². The van der Waals surface area contributed by atoms with Crippen molar-refractivity contribution in [3.8, 4) is 0 Å². The third-order valence-electron chi connectivity index (χ3n) is 4.86. The summed E-state index contributed by atoms with van der Waals surface area (Å²) in [7, 11) is 0. The first-order chi connectivity index (χ1) is 12.2. The molecule has 0 radical (unpaired) electrons. The van der Waals surface area contributed by atoms with Gasteiger partial charge in [-0.3, -0.25) is 0 Å². The van der Waals surface area contributed by atoms with Crippen LogP contribution in [0.1, 0.15) is 64.2 Å².